The van der Waals surface area contributed by atoms with Crippen LogP contribution in [0.4, 0.5) is 4.39 Å². The van der Waals surface area contributed by atoms with Gasteiger partial charge in [0.25, 0.3) is 0 Å². The number of halogens is 1. The fourth-order valence-electron chi connectivity index (χ4n) is 2.30. The molecule has 1 atom stereocenters. The van der Waals surface area contributed by atoms with E-state index < -0.39 is 12.7 Å². The maximum absolute atomic E-state index is 12.7. The molecule has 124 valence electrons. The molecule has 0 bridgehead atoms. The number of alkyl halides is 1. The number of nitrogens with two attached hydrogens (primary N) is 1. The fourth-order valence-corrected chi connectivity index (χ4v) is 2.30. The Morgan fingerprint density at radius 1 is 1.00 bits per heavy atom. The Hall–Kier alpha value is -2.27. The van der Waals surface area contributed by atoms with E-state index in [1.807, 2.05) is 30.3 Å². The lowest BCUT2D eigenvalue weighted by molar-refractivity contribution is 0.293. The maximum atomic E-state index is 12.7. The molecule has 0 radical (unpaired) electrons. The Morgan fingerprint density at radius 3 is 2.26 bits per heavy atom. The van der Waals surface area contributed by atoms with E-state index in [1.54, 1.807) is 26.4 Å². The first-order valence-electron chi connectivity index (χ1n) is 7.43. The van der Waals surface area contributed by atoms with Crippen molar-refractivity contribution in [1.82, 2.24) is 0 Å². The van der Waals surface area contributed by atoms with Gasteiger partial charge in [-0.25, -0.2) is 0 Å². The summed E-state index contributed by atoms with van der Waals surface area (Å²) in [5.41, 5.74) is 7.81. The SMILES string of the molecule is COc1cc(OCc2ccccc2)c([C@@H](N)CCF)cc1OC. The lowest BCUT2D eigenvalue weighted by atomic mass is 10.0. The van der Waals surface area contributed by atoms with E-state index in [-0.39, 0.29) is 6.42 Å². The normalized spacial score (nSPS) is 11.8. The summed E-state index contributed by atoms with van der Waals surface area (Å²) in [5.74, 6) is 1.67. The van der Waals surface area contributed by atoms with Crippen molar-refractivity contribution < 1.29 is 18.6 Å². The van der Waals surface area contributed by atoms with Crippen LogP contribution >= 0.6 is 0 Å². The van der Waals surface area contributed by atoms with Gasteiger partial charge in [0.15, 0.2) is 11.5 Å². The fraction of sp³-hybridized carbons (Fsp3) is 0.333. The van der Waals surface area contributed by atoms with Crippen molar-refractivity contribution in [2.75, 3.05) is 20.9 Å². The number of methoxy groups -OCH3 is 2. The molecular weight excluding hydrogens is 297 g/mol. The second-order valence-electron chi connectivity index (χ2n) is 5.10. The third kappa shape index (κ3) is 4.36. The minimum atomic E-state index is -0.492. The van der Waals surface area contributed by atoms with E-state index in [1.165, 1.54) is 0 Å². The molecule has 0 aliphatic carbocycles. The van der Waals surface area contributed by atoms with Crippen LogP contribution in [0.5, 0.6) is 17.2 Å². The van der Waals surface area contributed by atoms with Gasteiger partial charge in [-0.1, -0.05) is 30.3 Å². The number of rotatable bonds is 8. The van der Waals surface area contributed by atoms with Crippen LogP contribution < -0.4 is 19.9 Å². The molecule has 0 aromatic heterocycles. The Kier molecular flexibility index (Phi) is 6.23. The summed E-state index contributed by atoms with van der Waals surface area (Å²) in [7, 11) is 3.10. The molecule has 5 heteroatoms. The van der Waals surface area contributed by atoms with E-state index in [0.717, 1.165) is 5.56 Å². The van der Waals surface area contributed by atoms with Crippen LogP contribution in [0.15, 0.2) is 42.5 Å². The highest BCUT2D eigenvalue weighted by Gasteiger charge is 2.17. The van der Waals surface area contributed by atoms with E-state index in [9.17, 15) is 4.39 Å². The number of hydrogen-bond acceptors (Lipinski definition) is 4. The van der Waals surface area contributed by atoms with Crippen molar-refractivity contribution in [1.29, 1.82) is 0 Å². The van der Waals surface area contributed by atoms with Gasteiger partial charge in [-0.2, -0.15) is 0 Å². The molecule has 2 aromatic rings. The van der Waals surface area contributed by atoms with E-state index >= 15 is 0 Å². The van der Waals surface area contributed by atoms with Crippen LogP contribution in [-0.4, -0.2) is 20.9 Å². The summed E-state index contributed by atoms with van der Waals surface area (Å²) < 4.78 is 29.2. The van der Waals surface area contributed by atoms with E-state index in [4.69, 9.17) is 19.9 Å². The molecule has 23 heavy (non-hydrogen) atoms. The second kappa shape index (κ2) is 8.39. The first kappa shape index (κ1) is 17.1. The first-order valence-corrected chi connectivity index (χ1v) is 7.43. The van der Waals surface area contributed by atoms with E-state index in [0.29, 0.717) is 29.4 Å². The van der Waals surface area contributed by atoms with Gasteiger partial charge in [-0.3, -0.25) is 4.39 Å². The van der Waals surface area contributed by atoms with Crippen LogP contribution in [0, 0.1) is 0 Å². The van der Waals surface area contributed by atoms with Gasteiger partial charge in [0.1, 0.15) is 12.4 Å². The first-order chi connectivity index (χ1) is 11.2. The average Bonchev–Trinajstić information content (AvgIpc) is 2.60. The van der Waals surface area contributed by atoms with Crippen LogP contribution in [0.2, 0.25) is 0 Å². The van der Waals surface area contributed by atoms with Crippen molar-refractivity contribution in [2.45, 2.75) is 19.1 Å². The highest BCUT2D eigenvalue weighted by Crippen LogP contribution is 2.38. The minimum Gasteiger partial charge on any atom is -0.493 e. The quantitative estimate of drug-likeness (QED) is 0.807. The molecule has 2 aromatic carbocycles. The molecule has 0 unspecified atom stereocenters. The molecule has 0 fully saturated rings. The zero-order valence-electron chi connectivity index (χ0n) is 13.4. The zero-order chi connectivity index (χ0) is 16.7. The third-order valence-corrected chi connectivity index (χ3v) is 3.57. The monoisotopic (exact) mass is 319 g/mol. The lowest BCUT2D eigenvalue weighted by Crippen LogP contribution is -2.13. The van der Waals surface area contributed by atoms with Crippen molar-refractivity contribution in [3.63, 3.8) is 0 Å². The standard InChI is InChI=1S/C18H22FNO3/c1-21-17-10-14(15(20)8-9-19)16(11-18(17)22-2)23-12-13-6-4-3-5-7-13/h3-7,10-11,15H,8-9,12,20H2,1-2H3/t15-/m0/s1. The smallest absolute Gasteiger partial charge is 0.164 e. The highest BCUT2D eigenvalue weighted by atomic mass is 19.1. The van der Waals surface area contributed by atoms with Gasteiger partial charge in [0.05, 0.1) is 20.9 Å². The highest BCUT2D eigenvalue weighted by molar-refractivity contribution is 5.51. The topological polar surface area (TPSA) is 53.7 Å². The molecule has 0 aliphatic rings. The Labute approximate surface area is 136 Å². The van der Waals surface area contributed by atoms with Gasteiger partial charge in [-0.15, -0.1) is 0 Å². The number of benzene rings is 2. The third-order valence-electron chi connectivity index (χ3n) is 3.57. The van der Waals surface area contributed by atoms with Crippen molar-refractivity contribution in [2.24, 2.45) is 5.73 Å². The average molecular weight is 319 g/mol. The molecule has 0 amide bonds. The molecule has 0 saturated carbocycles. The molecule has 4 nitrogen and oxygen atoms in total. The van der Waals surface area contributed by atoms with Crippen molar-refractivity contribution in [3.8, 4) is 17.2 Å². The van der Waals surface area contributed by atoms with Crippen molar-refractivity contribution >= 4 is 0 Å². The van der Waals surface area contributed by atoms with Gasteiger partial charge >= 0.3 is 0 Å². The van der Waals surface area contributed by atoms with Gasteiger partial charge < -0.3 is 19.9 Å². The summed E-state index contributed by atoms with van der Waals surface area (Å²) >= 11 is 0. The molecule has 0 aliphatic heterocycles. The van der Waals surface area contributed by atoms with Gasteiger partial charge in [0, 0.05) is 17.7 Å². The number of ether oxygens (including phenoxy) is 3. The number of hydrogen-bond donors (Lipinski definition) is 1. The van der Waals surface area contributed by atoms with Gasteiger partial charge in [0.2, 0.25) is 0 Å². The molecule has 0 heterocycles. The van der Waals surface area contributed by atoms with Crippen LogP contribution in [-0.2, 0) is 6.61 Å². The summed E-state index contributed by atoms with van der Waals surface area (Å²) in [6, 6.07) is 12.8. The summed E-state index contributed by atoms with van der Waals surface area (Å²) in [6.45, 7) is -0.0979. The Balaban J connectivity index is 2.30. The molecule has 2 N–H and O–H groups in total. The molecule has 2 rings (SSSR count). The summed E-state index contributed by atoms with van der Waals surface area (Å²) in [6.07, 6.45) is 0.219. The predicted molar refractivity (Wildman–Crippen MR) is 87.8 cm³/mol. The second-order valence-corrected chi connectivity index (χ2v) is 5.10. The lowest BCUT2D eigenvalue weighted by Gasteiger charge is -2.19. The molecular formula is C18H22FNO3. The van der Waals surface area contributed by atoms with Crippen LogP contribution in [0.3, 0.4) is 0 Å². The maximum Gasteiger partial charge on any atom is 0.164 e. The minimum absolute atomic E-state index is 0.219. The van der Waals surface area contributed by atoms with E-state index in [2.05, 4.69) is 0 Å². The molecule has 0 saturated heterocycles. The van der Waals surface area contributed by atoms with Crippen LogP contribution in [0.25, 0.3) is 0 Å². The zero-order valence-corrected chi connectivity index (χ0v) is 13.4. The van der Waals surface area contributed by atoms with Crippen molar-refractivity contribution in [3.05, 3.63) is 53.6 Å². The predicted octanol–water partition coefficient (Wildman–Crippen LogP) is 3.64. The van der Waals surface area contributed by atoms with Crippen LogP contribution in [0.1, 0.15) is 23.6 Å². The summed E-state index contributed by atoms with van der Waals surface area (Å²) in [5, 5.41) is 0. The summed E-state index contributed by atoms with van der Waals surface area (Å²) in [4.78, 5) is 0. The molecule has 0 spiro atoms. The van der Waals surface area contributed by atoms with Gasteiger partial charge in [-0.05, 0) is 18.1 Å². The largest absolute Gasteiger partial charge is 0.493 e. The Bertz CT molecular complexity index is 619. The Morgan fingerprint density at radius 2 is 1.65 bits per heavy atom.